The predicted octanol–water partition coefficient (Wildman–Crippen LogP) is 7.99. The van der Waals surface area contributed by atoms with Crippen LogP contribution in [0.15, 0.2) is 121 Å². The van der Waals surface area contributed by atoms with Crippen molar-refractivity contribution in [1.29, 1.82) is 0 Å². The van der Waals surface area contributed by atoms with E-state index < -0.39 is 0 Å². The van der Waals surface area contributed by atoms with Gasteiger partial charge in [0.05, 0.1) is 0 Å². The lowest BCUT2D eigenvalue weighted by atomic mass is 10.0. The number of rotatable bonds is 5. The van der Waals surface area contributed by atoms with Gasteiger partial charge in [-0.2, -0.15) is 0 Å². The number of hydrogen-bond donors (Lipinski definition) is 2. The molecule has 30 heavy (non-hydrogen) atoms. The first-order valence-corrected chi connectivity index (χ1v) is 10.1. The van der Waals surface area contributed by atoms with Crippen molar-refractivity contribution in [1.82, 2.24) is 0 Å². The predicted molar refractivity (Wildman–Crippen MR) is 129 cm³/mol. The zero-order valence-corrected chi connectivity index (χ0v) is 16.5. The summed E-state index contributed by atoms with van der Waals surface area (Å²) in [6, 6.07) is 42.2. The minimum atomic E-state index is 1.07. The lowest BCUT2D eigenvalue weighted by Crippen LogP contribution is -1.92. The van der Waals surface area contributed by atoms with Gasteiger partial charge in [-0.05, 0) is 70.4 Å². The van der Waals surface area contributed by atoms with Crippen LogP contribution in [0.3, 0.4) is 0 Å². The van der Waals surface area contributed by atoms with E-state index in [9.17, 15) is 0 Å². The van der Waals surface area contributed by atoms with E-state index in [-0.39, 0.29) is 0 Å². The molecule has 0 aromatic heterocycles. The molecule has 0 saturated heterocycles. The second-order valence-corrected chi connectivity index (χ2v) is 7.34. The molecule has 5 rings (SSSR count). The molecule has 0 aliphatic rings. The van der Waals surface area contributed by atoms with Gasteiger partial charge >= 0.3 is 0 Å². The molecule has 0 fully saturated rings. The molecule has 2 nitrogen and oxygen atoms in total. The smallest absolute Gasteiger partial charge is 0.0390 e. The van der Waals surface area contributed by atoms with Crippen molar-refractivity contribution in [3.05, 3.63) is 121 Å². The summed E-state index contributed by atoms with van der Waals surface area (Å²) in [5, 5.41) is 9.50. The van der Waals surface area contributed by atoms with E-state index >= 15 is 0 Å². The van der Waals surface area contributed by atoms with E-state index in [1.807, 2.05) is 18.2 Å². The highest BCUT2D eigenvalue weighted by atomic mass is 14.9. The fraction of sp³-hybridized carbons (Fsp3) is 0. The van der Waals surface area contributed by atoms with Crippen molar-refractivity contribution in [3.8, 4) is 11.1 Å². The maximum absolute atomic E-state index is 3.55. The summed E-state index contributed by atoms with van der Waals surface area (Å²) in [7, 11) is 0. The van der Waals surface area contributed by atoms with Gasteiger partial charge in [0.2, 0.25) is 0 Å². The largest absolute Gasteiger partial charge is 0.356 e. The number of hydrogen-bond acceptors (Lipinski definition) is 2. The zero-order valence-electron chi connectivity index (χ0n) is 16.5. The van der Waals surface area contributed by atoms with Crippen LogP contribution in [0.2, 0.25) is 0 Å². The summed E-state index contributed by atoms with van der Waals surface area (Å²) >= 11 is 0. The summed E-state index contributed by atoms with van der Waals surface area (Å²) in [4.78, 5) is 0. The Morgan fingerprint density at radius 3 is 1.57 bits per heavy atom. The minimum Gasteiger partial charge on any atom is -0.356 e. The quantitative estimate of drug-likeness (QED) is 0.320. The molecule has 144 valence electrons. The molecule has 0 bridgehead atoms. The third-order valence-corrected chi connectivity index (χ3v) is 5.16. The van der Waals surface area contributed by atoms with Crippen LogP contribution in [0, 0.1) is 0 Å². The number of fused-ring (bicyclic) bond motifs is 1. The van der Waals surface area contributed by atoms with Gasteiger partial charge < -0.3 is 10.6 Å². The van der Waals surface area contributed by atoms with E-state index in [0.29, 0.717) is 0 Å². The highest BCUT2D eigenvalue weighted by Crippen LogP contribution is 2.28. The summed E-state index contributed by atoms with van der Waals surface area (Å²) < 4.78 is 0. The first kappa shape index (κ1) is 18.0. The van der Waals surface area contributed by atoms with E-state index in [1.54, 1.807) is 0 Å². The van der Waals surface area contributed by atoms with Crippen LogP contribution in [-0.2, 0) is 0 Å². The third kappa shape index (κ3) is 4.03. The van der Waals surface area contributed by atoms with Crippen molar-refractivity contribution in [3.63, 3.8) is 0 Å². The number of benzene rings is 5. The first-order valence-electron chi connectivity index (χ1n) is 10.1. The van der Waals surface area contributed by atoms with Crippen LogP contribution >= 0.6 is 0 Å². The van der Waals surface area contributed by atoms with Gasteiger partial charge in [-0.25, -0.2) is 0 Å². The fourth-order valence-electron chi connectivity index (χ4n) is 3.67. The van der Waals surface area contributed by atoms with Gasteiger partial charge in [0.25, 0.3) is 0 Å². The van der Waals surface area contributed by atoms with E-state index in [4.69, 9.17) is 0 Å². The Hall–Kier alpha value is -4.04. The Kier molecular flexibility index (Phi) is 4.89. The van der Waals surface area contributed by atoms with Crippen molar-refractivity contribution in [2.75, 3.05) is 10.6 Å². The van der Waals surface area contributed by atoms with Crippen LogP contribution in [0.25, 0.3) is 21.9 Å². The summed E-state index contributed by atoms with van der Waals surface area (Å²) in [5.74, 6) is 0. The number of nitrogens with one attached hydrogen (secondary N) is 2. The van der Waals surface area contributed by atoms with Crippen LogP contribution < -0.4 is 10.6 Å². The van der Waals surface area contributed by atoms with Crippen molar-refractivity contribution in [2.24, 2.45) is 0 Å². The van der Waals surface area contributed by atoms with E-state index in [2.05, 4.69) is 114 Å². The van der Waals surface area contributed by atoms with Crippen LogP contribution in [-0.4, -0.2) is 0 Å². The Labute approximate surface area is 176 Å². The van der Waals surface area contributed by atoms with Gasteiger partial charge in [-0.15, -0.1) is 0 Å². The van der Waals surface area contributed by atoms with Gasteiger partial charge in [-0.3, -0.25) is 0 Å². The average Bonchev–Trinajstić information content (AvgIpc) is 2.80. The molecule has 0 atom stereocenters. The molecule has 5 aromatic rings. The van der Waals surface area contributed by atoms with Crippen molar-refractivity contribution in [2.45, 2.75) is 0 Å². The molecule has 0 radical (unpaired) electrons. The topological polar surface area (TPSA) is 24.1 Å². The molecular weight excluding hydrogens is 364 g/mol. The Balaban J connectivity index is 1.39. The van der Waals surface area contributed by atoms with Gasteiger partial charge in [0, 0.05) is 22.7 Å². The molecule has 0 aliphatic heterocycles. The summed E-state index contributed by atoms with van der Waals surface area (Å²) in [6.45, 7) is 0. The molecule has 0 unspecified atom stereocenters. The summed E-state index contributed by atoms with van der Waals surface area (Å²) in [6.07, 6.45) is 0. The molecule has 0 spiro atoms. The van der Waals surface area contributed by atoms with E-state index in [1.165, 1.54) is 21.9 Å². The molecule has 2 N–H and O–H groups in total. The molecule has 0 heterocycles. The fourth-order valence-corrected chi connectivity index (χ4v) is 3.67. The Morgan fingerprint density at radius 2 is 0.867 bits per heavy atom. The van der Waals surface area contributed by atoms with Crippen molar-refractivity contribution < 1.29 is 0 Å². The van der Waals surface area contributed by atoms with Crippen LogP contribution in [0.5, 0.6) is 0 Å². The molecule has 0 saturated carbocycles. The standard InChI is InChI=1S/C28H22N2/c1-2-12-25(13-3-1)29-26-14-6-10-23(19-26)24-11-7-15-27(20-24)30-28-17-16-21-8-4-5-9-22(21)18-28/h1-20,29-30H. The highest BCUT2D eigenvalue weighted by Gasteiger charge is 2.03. The second kappa shape index (κ2) is 8.14. The van der Waals surface area contributed by atoms with Crippen LogP contribution in [0.4, 0.5) is 22.7 Å². The summed E-state index contributed by atoms with van der Waals surface area (Å²) in [5.41, 5.74) is 6.68. The third-order valence-electron chi connectivity index (χ3n) is 5.16. The van der Waals surface area contributed by atoms with Crippen LogP contribution in [0.1, 0.15) is 0 Å². The SMILES string of the molecule is c1ccc(Nc2cccc(-c3cccc(Nc4ccc5ccccc5c4)c3)c2)cc1. The average molecular weight is 386 g/mol. The molecular formula is C28H22N2. The normalized spacial score (nSPS) is 10.7. The number of para-hydroxylation sites is 1. The zero-order chi connectivity index (χ0) is 20.2. The maximum Gasteiger partial charge on any atom is 0.0390 e. The monoisotopic (exact) mass is 386 g/mol. The Bertz CT molecular complexity index is 1290. The highest BCUT2D eigenvalue weighted by molar-refractivity contribution is 5.86. The molecule has 0 aliphatic carbocycles. The van der Waals surface area contributed by atoms with E-state index in [0.717, 1.165) is 22.7 Å². The lowest BCUT2D eigenvalue weighted by Gasteiger charge is -2.11. The first-order chi connectivity index (χ1) is 14.8. The van der Waals surface area contributed by atoms with Crippen molar-refractivity contribution >= 4 is 33.5 Å². The maximum atomic E-state index is 3.55. The molecule has 2 heteroatoms. The van der Waals surface area contributed by atoms with Gasteiger partial charge in [0.15, 0.2) is 0 Å². The minimum absolute atomic E-state index is 1.07. The molecule has 5 aromatic carbocycles. The van der Waals surface area contributed by atoms with Gasteiger partial charge in [-0.1, -0.05) is 72.8 Å². The number of anilines is 4. The molecule has 0 amide bonds. The Morgan fingerprint density at radius 1 is 0.333 bits per heavy atom. The van der Waals surface area contributed by atoms with Gasteiger partial charge in [0.1, 0.15) is 0 Å². The second-order valence-electron chi connectivity index (χ2n) is 7.34. The lowest BCUT2D eigenvalue weighted by molar-refractivity contribution is 1.53.